The van der Waals surface area contributed by atoms with Crippen LogP contribution in [0.25, 0.3) is 11.1 Å². The van der Waals surface area contributed by atoms with E-state index in [1.54, 1.807) is 97.1 Å². The second-order valence-electron chi connectivity index (χ2n) is 31.7. The summed E-state index contributed by atoms with van der Waals surface area (Å²) in [7, 11) is -5.78. The van der Waals surface area contributed by atoms with E-state index in [9.17, 15) is 44.4 Å². The molecule has 692 valence electrons. The predicted molar refractivity (Wildman–Crippen MR) is 498 cm³/mol. The molecule has 11 rings (SSSR count). The number of ether oxygens (including phenoxy) is 7. The van der Waals surface area contributed by atoms with Gasteiger partial charge >= 0.3 is 0 Å². The van der Waals surface area contributed by atoms with Gasteiger partial charge in [0, 0.05) is 162 Å². The number of amides is 4. The molecule has 0 saturated carbocycles. The van der Waals surface area contributed by atoms with E-state index in [2.05, 4.69) is 50.1 Å². The van der Waals surface area contributed by atoms with Crippen LogP contribution in [0, 0.1) is 0 Å². The maximum Gasteiger partial charge on any atom is 0.251 e. The first-order chi connectivity index (χ1) is 61.4. The molecule has 3 aliphatic rings. The average Bonchev–Trinajstić information content (AvgIpc) is 0.779. The third kappa shape index (κ3) is 30.5. The lowest BCUT2D eigenvalue weighted by Gasteiger charge is -2.35. The summed E-state index contributed by atoms with van der Waals surface area (Å²) < 4.78 is 129. The third-order valence-electron chi connectivity index (χ3n) is 22.2. The fraction of sp³-hybridized carbons (Fsp3) is 0.429. The monoisotopic (exact) mass is 1950 g/mol. The normalized spacial score (nSPS) is 15.7. The van der Waals surface area contributed by atoms with Gasteiger partial charge in [0.15, 0.2) is 0 Å². The van der Waals surface area contributed by atoms with E-state index in [4.69, 9.17) is 114 Å². The zero-order chi connectivity index (χ0) is 91.4. The van der Waals surface area contributed by atoms with Crippen molar-refractivity contribution in [2.24, 2.45) is 0 Å². The molecule has 0 fully saturated rings. The van der Waals surface area contributed by atoms with Gasteiger partial charge in [0.2, 0.25) is 47.8 Å². The molecule has 37 heteroatoms. The number of hydrogen-bond acceptors (Lipinski definition) is 20. The van der Waals surface area contributed by atoms with Crippen LogP contribution in [0.15, 0.2) is 172 Å². The van der Waals surface area contributed by atoms with Crippen LogP contribution in [0.2, 0.25) is 35.2 Å². The maximum absolute atomic E-state index is 14.6. The number of fused-ring (bicyclic) bond motifs is 3. The van der Waals surface area contributed by atoms with Gasteiger partial charge in [-0.15, -0.1) is 0 Å². The Morgan fingerprint density at radius 1 is 0.352 bits per heavy atom. The van der Waals surface area contributed by atoms with E-state index in [0.717, 1.165) is 61.2 Å². The molecule has 8 aromatic carbocycles. The quantitative estimate of drug-likeness (QED) is 0.0174. The number of halogens is 7. The number of nitrogens with zero attached hydrogens (tertiary/aromatic N) is 3. The van der Waals surface area contributed by atoms with Gasteiger partial charge in [-0.3, -0.25) is 19.2 Å². The number of sulfonamides is 3. The zero-order valence-electron chi connectivity index (χ0n) is 71.5. The average molecular weight is 1960 g/mol. The number of carbonyl (C=O) groups excluding carboxylic acids is 4. The lowest BCUT2D eigenvalue weighted by molar-refractivity contribution is -0.121. The number of nitrogens with one attached hydrogen (secondary N) is 7. The summed E-state index contributed by atoms with van der Waals surface area (Å²) in [5.74, 6) is -2.16. The van der Waals surface area contributed by atoms with E-state index in [-0.39, 0.29) is 214 Å². The van der Waals surface area contributed by atoms with Crippen molar-refractivity contribution < 1.29 is 77.6 Å². The van der Waals surface area contributed by atoms with Gasteiger partial charge in [-0.1, -0.05) is 142 Å². The molecule has 0 saturated heterocycles. The molecule has 3 atom stereocenters. The van der Waals surface area contributed by atoms with Crippen molar-refractivity contribution in [1.82, 2.24) is 50.1 Å². The third-order valence-corrected chi connectivity index (χ3v) is 28.5. The summed E-state index contributed by atoms with van der Waals surface area (Å²) in [5.41, 5.74) is 8.79. The lowest BCUT2D eigenvalue weighted by atomic mass is 9.82. The van der Waals surface area contributed by atoms with Crippen molar-refractivity contribution in [2.75, 3.05) is 173 Å². The Morgan fingerprint density at radius 3 is 0.938 bits per heavy atom. The first-order valence-corrected chi connectivity index (χ1v) is 49.3. The Morgan fingerprint density at radius 2 is 0.633 bits per heavy atom. The zero-order valence-corrected chi connectivity index (χ0v) is 79.3. The van der Waals surface area contributed by atoms with Gasteiger partial charge in [0.25, 0.3) is 5.91 Å². The second kappa shape index (κ2) is 49.7. The van der Waals surface area contributed by atoms with Crippen LogP contribution < -0.4 is 35.4 Å². The summed E-state index contributed by atoms with van der Waals surface area (Å²) in [5, 5.41) is 15.5. The predicted octanol–water partition coefficient (Wildman–Crippen LogP) is 12.9. The lowest BCUT2D eigenvalue weighted by Crippen LogP contribution is -2.50. The molecule has 3 heterocycles. The highest BCUT2D eigenvalue weighted by molar-refractivity contribution is 7.90. The SMILES string of the molecule is CN1Cc2c(Cl)cc(Cl)cc2[C@H](c2cccc(S(=O)(=O)NCCOCCOCCNC(=O)CCC(CCC(=O)NCCOCCOCCNS(=O)(=O)c3cccc([C@@H]4CN(C)Cc5c(Cl)cc(Cl)cc54)c3)(CCC(=O)NCCOCCOCCOCCNS(=O)(=O)c3cccc([C@@H]4CN(C)Cc5c(Cl)cc(Cl)cc54)c3)NC(=O)c3ccc(-c4ccc(Cl)cc4)cc3)c2)C1. The first kappa shape index (κ1) is 102. The molecule has 3 aliphatic heterocycles. The topological polar surface area (TPSA) is 329 Å². The van der Waals surface area contributed by atoms with E-state index in [0.29, 0.717) is 74.4 Å². The van der Waals surface area contributed by atoms with Crippen LogP contribution in [-0.4, -0.2) is 242 Å². The fourth-order valence-corrected chi connectivity index (χ4v) is 20.7. The minimum atomic E-state index is -3.92. The van der Waals surface area contributed by atoms with Gasteiger partial charge in [-0.25, -0.2) is 39.4 Å². The van der Waals surface area contributed by atoms with E-state index in [1.807, 2.05) is 69.7 Å². The second-order valence-corrected chi connectivity index (χ2v) is 39.9. The van der Waals surface area contributed by atoms with E-state index < -0.39 is 53.3 Å². The Balaban J connectivity index is 0.635. The number of hydrogen-bond donors (Lipinski definition) is 7. The van der Waals surface area contributed by atoms with Gasteiger partial charge in [-0.2, -0.15) is 0 Å². The minimum Gasteiger partial charge on any atom is -0.378 e. The van der Waals surface area contributed by atoms with Crippen LogP contribution in [0.3, 0.4) is 0 Å². The van der Waals surface area contributed by atoms with Crippen molar-refractivity contribution in [3.05, 3.63) is 249 Å². The van der Waals surface area contributed by atoms with Crippen molar-refractivity contribution in [3.8, 4) is 11.1 Å². The molecule has 0 unspecified atom stereocenters. The van der Waals surface area contributed by atoms with Crippen LogP contribution in [0.4, 0.5) is 0 Å². The molecule has 0 bridgehead atoms. The number of likely N-dealkylation sites (N-methyl/N-ethyl adjacent to an activating group) is 3. The van der Waals surface area contributed by atoms with Crippen LogP contribution >= 0.6 is 81.2 Å². The molecular weight excluding hydrogens is 1850 g/mol. The standard InChI is InChI=1S/C91H109Cl7N10O17S3/c1-106-56-78(75-50-69(93)53-84(96)81(75)59-106)65-7-4-10-72(47-65)126(113,114)102-30-36-122-41-39-119-33-27-99-87(109)21-24-91(105-90(112)64-15-13-62(14-16-64)63-17-19-68(92)20-18-63,25-22-88(110)100-28-34-120-40-42-123-37-31-103-127(115,116)73-11-5-8-66(48-73)79-57-107(2)60-82-76(79)51-70(94)54-85(82)97)26-23-89(111)101-29-35-121-43-45-125-46-44-124-38-32-104-128(117,118)74-12-6-9-67(49-74)80-58-108(3)61-83-77(80)52-71(95)55-86(83)98/h4-20,47-55,78-80,102-104H,21-46,56-61H2,1-3H3,(H,99,109)(H,100,110)(H,101,111)(H,105,112)/t78-,79-,80-/m0/s1. The number of rotatable bonds is 51. The summed E-state index contributed by atoms with van der Waals surface area (Å²) in [6.45, 7) is 5.95. The molecule has 0 spiro atoms. The summed E-state index contributed by atoms with van der Waals surface area (Å²) in [6.07, 6.45) is -0.421. The van der Waals surface area contributed by atoms with Gasteiger partial charge < -0.3 is 69.1 Å². The minimum absolute atomic E-state index is 0.00113. The first-order valence-electron chi connectivity index (χ1n) is 42.2. The summed E-state index contributed by atoms with van der Waals surface area (Å²) in [4.78, 5) is 62.8. The van der Waals surface area contributed by atoms with E-state index >= 15 is 0 Å². The molecule has 4 amide bonds. The Labute approximate surface area is 784 Å². The van der Waals surface area contributed by atoms with Gasteiger partial charge in [-0.05, 0) is 199 Å². The highest BCUT2D eigenvalue weighted by atomic mass is 35.5. The molecular formula is C91H109Cl7N10O17S3. The summed E-state index contributed by atoms with van der Waals surface area (Å²) in [6, 6.07) is 45.4. The van der Waals surface area contributed by atoms with Crippen molar-refractivity contribution in [3.63, 3.8) is 0 Å². The van der Waals surface area contributed by atoms with Crippen LogP contribution in [-0.2, 0) is 97.2 Å². The molecule has 8 aromatic rings. The van der Waals surface area contributed by atoms with Gasteiger partial charge in [0.05, 0.1) is 107 Å². The highest BCUT2D eigenvalue weighted by Crippen LogP contribution is 2.43. The van der Waals surface area contributed by atoms with Crippen LogP contribution in [0.5, 0.6) is 0 Å². The highest BCUT2D eigenvalue weighted by Gasteiger charge is 2.36. The molecule has 0 aliphatic carbocycles. The largest absolute Gasteiger partial charge is 0.378 e. The fourth-order valence-electron chi connectivity index (χ4n) is 15.7. The molecule has 0 aromatic heterocycles. The van der Waals surface area contributed by atoms with E-state index in [1.165, 1.54) is 12.1 Å². The summed E-state index contributed by atoms with van der Waals surface area (Å²) >= 11 is 45.2. The number of carbonyl (C=O) groups is 4. The molecule has 0 radical (unpaired) electrons. The maximum atomic E-state index is 14.6. The van der Waals surface area contributed by atoms with Crippen LogP contribution in [0.1, 0.15) is 117 Å². The molecule has 7 N–H and O–H groups in total. The molecule has 128 heavy (non-hydrogen) atoms. The van der Waals surface area contributed by atoms with Crippen molar-refractivity contribution >= 4 is 135 Å². The smallest absolute Gasteiger partial charge is 0.251 e. The Kier molecular flexibility index (Phi) is 39.4. The number of benzene rings is 8. The van der Waals surface area contributed by atoms with Gasteiger partial charge in [0.1, 0.15) is 0 Å². The van der Waals surface area contributed by atoms with Crippen molar-refractivity contribution in [2.45, 2.75) is 96.1 Å². The Bertz CT molecular complexity index is 5270. The Hall–Kier alpha value is -7.00. The molecule has 27 nitrogen and oxygen atoms in total. The van der Waals surface area contributed by atoms with Crippen molar-refractivity contribution in [1.29, 1.82) is 0 Å².